The molecule has 0 saturated carbocycles. The van der Waals surface area contributed by atoms with Crippen molar-refractivity contribution in [2.75, 3.05) is 18.8 Å². The molecule has 21 heavy (non-hydrogen) atoms. The summed E-state index contributed by atoms with van der Waals surface area (Å²) in [7, 11) is 0. The second-order valence-electron chi connectivity index (χ2n) is 6.27. The Kier molecular flexibility index (Phi) is 6.25. The third kappa shape index (κ3) is 4.23. The summed E-state index contributed by atoms with van der Waals surface area (Å²) in [4.78, 5) is 14.9. The van der Waals surface area contributed by atoms with Gasteiger partial charge in [0.2, 0.25) is 5.91 Å². The minimum Gasteiger partial charge on any atom is -0.399 e. The van der Waals surface area contributed by atoms with Gasteiger partial charge < -0.3 is 10.6 Å². The van der Waals surface area contributed by atoms with E-state index in [9.17, 15) is 4.79 Å². The van der Waals surface area contributed by atoms with Crippen molar-refractivity contribution in [3.8, 4) is 0 Å². The Hall–Kier alpha value is -1.51. The topological polar surface area (TPSA) is 46.3 Å². The van der Waals surface area contributed by atoms with Gasteiger partial charge in [0.05, 0.1) is 5.41 Å². The van der Waals surface area contributed by atoms with Gasteiger partial charge in [-0.25, -0.2) is 0 Å². The van der Waals surface area contributed by atoms with Crippen molar-refractivity contribution in [2.24, 2.45) is 5.92 Å². The van der Waals surface area contributed by atoms with Gasteiger partial charge in [-0.15, -0.1) is 0 Å². The van der Waals surface area contributed by atoms with E-state index in [1.54, 1.807) is 0 Å². The van der Waals surface area contributed by atoms with Crippen LogP contribution in [0, 0.1) is 5.92 Å². The number of nitrogen functional groups attached to an aromatic ring is 1. The number of amides is 1. The molecule has 3 heteroatoms. The van der Waals surface area contributed by atoms with E-state index < -0.39 is 5.41 Å². The second kappa shape index (κ2) is 7.48. The first kappa shape index (κ1) is 17.5. The molecule has 0 spiro atoms. The van der Waals surface area contributed by atoms with E-state index in [4.69, 9.17) is 5.73 Å². The van der Waals surface area contributed by atoms with Crippen LogP contribution in [0.25, 0.3) is 0 Å². The highest BCUT2D eigenvalue weighted by molar-refractivity contribution is 5.87. The first-order valence-corrected chi connectivity index (χ1v) is 8.02. The zero-order valence-electron chi connectivity index (χ0n) is 14.1. The molecule has 0 aliphatic carbocycles. The molecule has 1 aromatic carbocycles. The summed E-state index contributed by atoms with van der Waals surface area (Å²) in [6, 6.07) is 7.64. The van der Waals surface area contributed by atoms with Crippen molar-refractivity contribution in [1.82, 2.24) is 4.90 Å². The van der Waals surface area contributed by atoms with Gasteiger partial charge >= 0.3 is 0 Å². The first-order chi connectivity index (χ1) is 9.86. The maximum absolute atomic E-state index is 12.9. The first-order valence-electron chi connectivity index (χ1n) is 8.02. The Labute approximate surface area is 129 Å². The maximum Gasteiger partial charge on any atom is 0.232 e. The highest BCUT2D eigenvalue weighted by Crippen LogP contribution is 2.27. The standard InChI is InChI=1S/C18H30N2O/c1-6-14(7-2)13-20(8-3)17(21)18(4,5)15-9-11-16(19)12-10-15/h9-12,14H,6-8,13,19H2,1-5H3. The zero-order chi connectivity index (χ0) is 16.0. The Balaban J connectivity index is 2.94. The Bertz CT molecular complexity index is 447. The number of carbonyl (C=O) groups is 1. The van der Waals surface area contributed by atoms with Crippen LogP contribution in [0.15, 0.2) is 24.3 Å². The Morgan fingerprint density at radius 2 is 1.67 bits per heavy atom. The number of nitrogens with zero attached hydrogens (tertiary/aromatic N) is 1. The van der Waals surface area contributed by atoms with Gasteiger partial charge in [0, 0.05) is 18.8 Å². The number of likely N-dealkylation sites (N-methyl/N-ethyl adjacent to an activating group) is 1. The van der Waals surface area contributed by atoms with E-state index in [1.807, 2.05) is 43.0 Å². The van der Waals surface area contributed by atoms with Gasteiger partial charge in [-0.05, 0) is 44.4 Å². The van der Waals surface area contributed by atoms with E-state index in [1.165, 1.54) is 0 Å². The van der Waals surface area contributed by atoms with Crippen molar-refractivity contribution in [2.45, 2.75) is 52.9 Å². The van der Waals surface area contributed by atoms with Crippen molar-refractivity contribution in [3.63, 3.8) is 0 Å². The summed E-state index contributed by atoms with van der Waals surface area (Å²) in [5.74, 6) is 0.776. The minimum atomic E-state index is -0.518. The molecule has 0 saturated heterocycles. The van der Waals surface area contributed by atoms with Crippen LogP contribution in [0.5, 0.6) is 0 Å². The summed E-state index contributed by atoms with van der Waals surface area (Å²) >= 11 is 0. The number of hydrogen-bond donors (Lipinski definition) is 1. The van der Waals surface area contributed by atoms with Crippen LogP contribution < -0.4 is 5.73 Å². The third-order valence-corrected chi connectivity index (χ3v) is 4.47. The maximum atomic E-state index is 12.9. The molecule has 0 heterocycles. The van der Waals surface area contributed by atoms with Gasteiger partial charge in [0.15, 0.2) is 0 Å². The Morgan fingerprint density at radius 3 is 2.10 bits per heavy atom. The molecule has 1 aromatic rings. The van der Waals surface area contributed by atoms with Crippen molar-refractivity contribution in [3.05, 3.63) is 29.8 Å². The lowest BCUT2D eigenvalue weighted by molar-refractivity contribution is -0.136. The Morgan fingerprint density at radius 1 is 1.14 bits per heavy atom. The van der Waals surface area contributed by atoms with Crippen LogP contribution in [-0.2, 0) is 10.2 Å². The predicted octanol–water partition coefficient (Wildman–Crippen LogP) is 3.83. The van der Waals surface area contributed by atoms with Gasteiger partial charge in [0.1, 0.15) is 0 Å². The van der Waals surface area contributed by atoms with Crippen LogP contribution in [0.4, 0.5) is 5.69 Å². The lowest BCUT2D eigenvalue weighted by atomic mass is 9.82. The van der Waals surface area contributed by atoms with Gasteiger partial charge in [0.25, 0.3) is 0 Å². The zero-order valence-corrected chi connectivity index (χ0v) is 14.1. The number of hydrogen-bond acceptors (Lipinski definition) is 2. The molecule has 0 aromatic heterocycles. The monoisotopic (exact) mass is 290 g/mol. The minimum absolute atomic E-state index is 0.196. The smallest absolute Gasteiger partial charge is 0.232 e. The van der Waals surface area contributed by atoms with Gasteiger partial charge in [-0.2, -0.15) is 0 Å². The average molecular weight is 290 g/mol. The molecule has 0 radical (unpaired) electrons. The van der Waals surface area contributed by atoms with E-state index >= 15 is 0 Å². The number of nitrogens with two attached hydrogens (primary N) is 1. The van der Waals surface area contributed by atoms with Crippen LogP contribution in [-0.4, -0.2) is 23.9 Å². The highest BCUT2D eigenvalue weighted by Gasteiger charge is 2.33. The molecule has 2 N–H and O–H groups in total. The third-order valence-electron chi connectivity index (χ3n) is 4.47. The van der Waals surface area contributed by atoms with Crippen LogP contribution in [0.3, 0.4) is 0 Å². The SMILES string of the molecule is CCC(CC)CN(CC)C(=O)C(C)(C)c1ccc(N)cc1. The van der Waals surface area contributed by atoms with Crippen LogP contribution in [0.2, 0.25) is 0 Å². The number of carbonyl (C=O) groups excluding carboxylic acids is 1. The molecular weight excluding hydrogens is 260 g/mol. The largest absolute Gasteiger partial charge is 0.399 e. The molecule has 0 aliphatic rings. The molecule has 0 unspecified atom stereocenters. The molecule has 0 aliphatic heterocycles. The molecule has 0 fully saturated rings. The fourth-order valence-corrected chi connectivity index (χ4v) is 2.63. The molecule has 1 amide bonds. The lowest BCUT2D eigenvalue weighted by Gasteiger charge is -2.33. The second-order valence-corrected chi connectivity index (χ2v) is 6.27. The van der Waals surface area contributed by atoms with Crippen molar-refractivity contribution in [1.29, 1.82) is 0 Å². The van der Waals surface area contributed by atoms with E-state index in [0.717, 1.165) is 37.2 Å². The average Bonchev–Trinajstić information content (AvgIpc) is 2.48. The molecule has 118 valence electrons. The normalized spacial score (nSPS) is 11.7. The highest BCUT2D eigenvalue weighted by atomic mass is 16.2. The lowest BCUT2D eigenvalue weighted by Crippen LogP contribution is -2.45. The molecule has 0 bridgehead atoms. The number of benzene rings is 1. The van der Waals surface area contributed by atoms with Crippen molar-refractivity contribution >= 4 is 11.6 Å². The number of rotatable bonds is 7. The number of anilines is 1. The van der Waals surface area contributed by atoms with Crippen LogP contribution in [0.1, 0.15) is 53.0 Å². The molecule has 3 nitrogen and oxygen atoms in total. The molecule has 0 atom stereocenters. The summed E-state index contributed by atoms with van der Waals surface area (Å²) in [6.45, 7) is 12.0. The van der Waals surface area contributed by atoms with E-state index in [-0.39, 0.29) is 5.91 Å². The fraction of sp³-hybridized carbons (Fsp3) is 0.611. The van der Waals surface area contributed by atoms with Crippen molar-refractivity contribution < 1.29 is 4.79 Å². The fourth-order valence-electron chi connectivity index (χ4n) is 2.63. The predicted molar refractivity (Wildman–Crippen MR) is 90.2 cm³/mol. The van der Waals surface area contributed by atoms with Crippen LogP contribution >= 0.6 is 0 Å². The quantitative estimate of drug-likeness (QED) is 0.776. The summed E-state index contributed by atoms with van der Waals surface area (Å²) in [6.07, 6.45) is 2.23. The van der Waals surface area contributed by atoms with E-state index in [2.05, 4.69) is 20.8 Å². The van der Waals surface area contributed by atoms with Gasteiger partial charge in [-0.1, -0.05) is 38.8 Å². The van der Waals surface area contributed by atoms with Gasteiger partial charge in [-0.3, -0.25) is 4.79 Å². The summed E-state index contributed by atoms with van der Waals surface area (Å²) < 4.78 is 0. The summed E-state index contributed by atoms with van der Waals surface area (Å²) in [5.41, 5.74) is 6.97. The summed E-state index contributed by atoms with van der Waals surface area (Å²) in [5, 5.41) is 0. The van der Waals surface area contributed by atoms with E-state index in [0.29, 0.717) is 5.92 Å². The molecule has 1 rings (SSSR count). The molecular formula is C18H30N2O.